The van der Waals surface area contributed by atoms with E-state index in [-0.39, 0.29) is 0 Å². The first-order chi connectivity index (χ1) is 8.30. The largest absolute Gasteiger partial charge is 0.316 e. The van der Waals surface area contributed by atoms with E-state index in [9.17, 15) is 0 Å². The average Bonchev–Trinajstić information content (AvgIpc) is 2.80. The number of hydrogen-bond acceptors (Lipinski definition) is 2. The van der Waals surface area contributed by atoms with E-state index in [2.05, 4.69) is 29.2 Å². The molecule has 2 unspecified atom stereocenters. The quantitative estimate of drug-likeness (QED) is 0.835. The first-order valence-electron chi connectivity index (χ1n) is 6.34. The van der Waals surface area contributed by atoms with E-state index in [0.29, 0.717) is 11.3 Å². The van der Waals surface area contributed by atoms with Crippen LogP contribution < -0.4 is 5.32 Å². The van der Waals surface area contributed by atoms with Crippen LogP contribution in [0.1, 0.15) is 24.3 Å². The standard InChI is InChI=1S/C14H18ClNS/c15-12-3-1-11(2-4-12)13-9-16-7-5-14(13)6-8-17-10-14/h1-4,13,16H,5-10H2. The molecule has 17 heavy (non-hydrogen) atoms. The van der Waals surface area contributed by atoms with Crippen LogP contribution in [-0.2, 0) is 0 Å². The normalized spacial score (nSPS) is 33.1. The first-order valence-corrected chi connectivity index (χ1v) is 7.87. The minimum atomic E-state index is 0.545. The van der Waals surface area contributed by atoms with Gasteiger partial charge in [0.25, 0.3) is 0 Å². The highest BCUT2D eigenvalue weighted by Gasteiger charge is 2.43. The second-order valence-corrected chi connectivity index (χ2v) is 6.76. The number of thioether (sulfide) groups is 1. The highest BCUT2D eigenvalue weighted by molar-refractivity contribution is 7.99. The fraction of sp³-hybridized carbons (Fsp3) is 0.571. The fourth-order valence-electron chi connectivity index (χ4n) is 3.24. The van der Waals surface area contributed by atoms with Gasteiger partial charge in [-0.1, -0.05) is 23.7 Å². The predicted octanol–water partition coefficient (Wildman–Crippen LogP) is 3.54. The molecule has 0 bridgehead atoms. The monoisotopic (exact) mass is 267 g/mol. The molecule has 2 saturated heterocycles. The lowest BCUT2D eigenvalue weighted by atomic mass is 9.68. The van der Waals surface area contributed by atoms with E-state index in [4.69, 9.17) is 11.6 Å². The molecule has 1 aromatic rings. The Bertz CT molecular complexity index is 384. The van der Waals surface area contributed by atoms with Gasteiger partial charge in [0.1, 0.15) is 0 Å². The Morgan fingerprint density at radius 1 is 1.24 bits per heavy atom. The fourth-order valence-corrected chi connectivity index (χ4v) is 4.95. The zero-order valence-electron chi connectivity index (χ0n) is 9.92. The van der Waals surface area contributed by atoms with Crippen molar-refractivity contribution in [2.75, 3.05) is 24.6 Å². The van der Waals surface area contributed by atoms with Crippen molar-refractivity contribution in [2.24, 2.45) is 5.41 Å². The highest BCUT2D eigenvalue weighted by Crippen LogP contribution is 2.50. The summed E-state index contributed by atoms with van der Waals surface area (Å²) in [6.07, 6.45) is 2.71. The molecule has 3 heteroatoms. The maximum Gasteiger partial charge on any atom is 0.0406 e. The van der Waals surface area contributed by atoms with Crippen molar-refractivity contribution in [1.82, 2.24) is 5.32 Å². The zero-order chi connectivity index (χ0) is 11.7. The lowest BCUT2D eigenvalue weighted by Gasteiger charge is -2.41. The van der Waals surface area contributed by atoms with Gasteiger partial charge in [0.15, 0.2) is 0 Å². The summed E-state index contributed by atoms with van der Waals surface area (Å²) in [5, 5.41) is 4.40. The number of piperidine rings is 1. The molecule has 1 nitrogen and oxygen atoms in total. The molecular weight excluding hydrogens is 250 g/mol. The number of halogens is 1. The van der Waals surface area contributed by atoms with Crippen molar-refractivity contribution in [3.05, 3.63) is 34.9 Å². The van der Waals surface area contributed by atoms with Crippen LogP contribution >= 0.6 is 23.4 Å². The van der Waals surface area contributed by atoms with E-state index >= 15 is 0 Å². The lowest BCUT2D eigenvalue weighted by Crippen LogP contribution is -2.43. The number of rotatable bonds is 1. The van der Waals surface area contributed by atoms with Crippen molar-refractivity contribution in [3.63, 3.8) is 0 Å². The molecule has 2 atom stereocenters. The highest BCUT2D eigenvalue weighted by atomic mass is 35.5. The van der Waals surface area contributed by atoms with Crippen molar-refractivity contribution in [3.8, 4) is 0 Å². The maximum absolute atomic E-state index is 5.98. The molecule has 3 rings (SSSR count). The Morgan fingerprint density at radius 2 is 2.06 bits per heavy atom. The summed E-state index contributed by atoms with van der Waals surface area (Å²) in [6, 6.07) is 8.48. The van der Waals surface area contributed by atoms with Crippen LogP contribution in [0.3, 0.4) is 0 Å². The van der Waals surface area contributed by atoms with Gasteiger partial charge in [-0.15, -0.1) is 0 Å². The maximum atomic E-state index is 5.98. The lowest BCUT2D eigenvalue weighted by molar-refractivity contribution is 0.197. The number of benzene rings is 1. The molecule has 2 heterocycles. The van der Waals surface area contributed by atoms with E-state index in [1.54, 1.807) is 0 Å². The van der Waals surface area contributed by atoms with Crippen LogP contribution in [0.2, 0.25) is 5.02 Å². The van der Waals surface area contributed by atoms with Gasteiger partial charge >= 0.3 is 0 Å². The van der Waals surface area contributed by atoms with Crippen LogP contribution in [-0.4, -0.2) is 24.6 Å². The van der Waals surface area contributed by atoms with Crippen molar-refractivity contribution in [2.45, 2.75) is 18.8 Å². The summed E-state index contributed by atoms with van der Waals surface area (Å²) in [6.45, 7) is 2.31. The molecule has 2 fully saturated rings. The average molecular weight is 268 g/mol. The van der Waals surface area contributed by atoms with E-state index in [1.807, 2.05) is 12.1 Å². The van der Waals surface area contributed by atoms with Crippen LogP contribution in [0.15, 0.2) is 24.3 Å². The first kappa shape index (κ1) is 11.9. The zero-order valence-corrected chi connectivity index (χ0v) is 11.5. The van der Waals surface area contributed by atoms with Gasteiger partial charge in [0.2, 0.25) is 0 Å². The van der Waals surface area contributed by atoms with Crippen LogP contribution in [0.4, 0.5) is 0 Å². The number of nitrogens with one attached hydrogen (secondary N) is 1. The molecule has 1 N–H and O–H groups in total. The van der Waals surface area contributed by atoms with E-state index < -0.39 is 0 Å². The molecule has 0 saturated carbocycles. The topological polar surface area (TPSA) is 12.0 Å². The molecular formula is C14H18ClNS. The molecule has 1 spiro atoms. The Kier molecular flexibility index (Phi) is 3.38. The van der Waals surface area contributed by atoms with Gasteiger partial charge in [-0.05, 0) is 54.0 Å². The Labute approximate surface area is 112 Å². The van der Waals surface area contributed by atoms with Crippen molar-refractivity contribution in [1.29, 1.82) is 0 Å². The van der Waals surface area contributed by atoms with Crippen LogP contribution in [0, 0.1) is 5.41 Å². The van der Waals surface area contributed by atoms with E-state index in [1.165, 1.54) is 36.5 Å². The molecule has 0 aromatic heterocycles. The number of hydrogen-bond donors (Lipinski definition) is 1. The summed E-state index contributed by atoms with van der Waals surface area (Å²) in [7, 11) is 0. The van der Waals surface area contributed by atoms with Gasteiger partial charge in [0.05, 0.1) is 0 Å². The van der Waals surface area contributed by atoms with Gasteiger partial charge in [0, 0.05) is 17.5 Å². The Morgan fingerprint density at radius 3 is 2.76 bits per heavy atom. The molecule has 0 radical (unpaired) electrons. The molecule has 2 aliphatic heterocycles. The van der Waals surface area contributed by atoms with Gasteiger partial charge in [-0.25, -0.2) is 0 Å². The SMILES string of the molecule is Clc1ccc(C2CNCCC23CCSC3)cc1. The van der Waals surface area contributed by atoms with Crippen LogP contribution in [0.5, 0.6) is 0 Å². The summed E-state index contributed by atoms with van der Waals surface area (Å²) < 4.78 is 0. The molecule has 92 valence electrons. The third-order valence-electron chi connectivity index (χ3n) is 4.29. The smallest absolute Gasteiger partial charge is 0.0406 e. The second kappa shape index (κ2) is 4.83. The minimum Gasteiger partial charge on any atom is -0.316 e. The molecule has 2 aliphatic rings. The summed E-state index contributed by atoms with van der Waals surface area (Å²) in [5.74, 6) is 3.34. The summed E-state index contributed by atoms with van der Waals surface area (Å²) in [4.78, 5) is 0. The summed E-state index contributed by atoms with van der Waals surface area (Å²) in [5.41, 5.74) is 2.01. The second-order valence-electron chi connectivity index (χ2n) is 5.22. The Hall–Kier alpha value is -0.180. The van der Waals surface area contributed by atoms with Gasteiger partial charge < -0.3 is 5.32 Å². The predicted molar refractivity (Wildman–Crippen MR) is 76.1 cm³/mol. The third-order valence-corrected chi connectivity index (χ3v) is 5.82. The van der Waals surface area contributed by atoms with E-state index in [0.717, 1.165) is 11.6 Å². The van der Waals surface area contributed by atoms with Gasteiger partial charge in [-0.2, -0.15) is 11.8 Å². The molecule has 0 aliphatic carbocycles. The molecule has 1 aromatic carbocycles. The van der Waals surface area contributed by atoms with Crippen LogP contribution in [0.25, 0.3) is 0 Å². The van der Waals surface area contributed by atoms with Gasteiger partial charge in [-0.3, -0.25) is 0 Å². The van der Waals surface area contributed by atoms with Crippen molar-refractivity contribution >= 4 is 23.4 Å². The minimum absolute atomic E-state index is 0.545. The third kappa shape index (κ3) is 2.23. The Balaban J connectivity index is 1.91. The summed E-state index contributed by atoms with van der Waals surface area (Å²) >= 11 is 8.11. The molecule has 0 amide bonds. The van der Waals surface area contributed by atoms with Crippen molar-refractivity contribution < 1.29 is 0 Å².